The van der Waals surface area contributed by atoms with Crippen LogP contribution in [0.25, 0.3) is 0 Å². The van der Waals surface area contributed by atoms with E-state index in [-0.39, 0.29) is 17.3 Å². The highest BCUT2D eigenvalue weighted by atomic mass is 16.6. The van der Waals surface area contributed by atoms with Gasteiger partial charge < -0.3 is 10.6 Å². The molecule has 0 aliphatic rings. The van der Waals surface area contributed by atoms with E-state index in [1.807, 2.05) is 6.92 Å². The van der Waals surface area contributed by atoms with E-state index in [0.717, 1.165) is 31.9 Å². The molecule has 1 unspecified atom stereocenters. The van der Waals surface area contributed by atoms with E-state index in [1.54, 1.807) is 7.05 Å². The van der Waals surface area contributed by atoms with Crippen LogP contribution < -0.4 is 10.6 Å². The third kappa shape index (κ3) is 5.02. The summed E-state index contributed by atoms with van der Waals surface area (Å²) in [5.41, 5.74) is -0.256. The highest BCUT2D eigenvalue weighted by molar-refractivity contribution is 5.98. The second-order valence-electron chi connectivity index (χ2n) is 4.96. The van der Waals surface area contributed by atoms with E-state index in [0.29, 0.717) is 5.82 Å². The lowest BCUT2D eigenvalue weighted by Gasteiger charge is -2.14. The Balaban J connectivity index is 2.82. The van der Waals surface area contributed by atoms with E-state index < -0.39 is 10.8 Å². The van der Waals surface area contributed by atoms with Crippen LogP contribution in [0.5, 0.6) is 0 Å². The number of hydrogen-bond acceptors (Lipinski definition) is 5. The number of nitro groups is 1. The molecule has 21 heavy (non-hydrogen) atoms. The second-order valence-corrected chi connectivity index (χ2v) is 4.96. The Morgan fingerprint density at radius 3 is 2.76 bits per heavy atom. The van der Waals surface area contributed by atoms with Gasteiger partial charge >= 0.3 is 0 Å². The Labute approximate surface area is 124 Å². The number of rotatable bonds is 8. The van der Waals surface area contributed by atoms with E-state index >= 15 is 0 Å². The summed E-state index contributed by atoms with van der Waals surface area (Å²) < 4.78 is 0. The molecule has 0 spiro atoms. The summed E-state index contributed by atoms with van der Waals surface area (Å²) >= 11 is 0. The fourth-order valence-electron chi connectivity index (χ4n) is 1.99. The largest absolute Gasteiger partial charge is 0.373 e. The minimum atomic E-state index is -0.594. The highest BCUT2D eigenvalue weighted by Crippen LogP contribution is 2.20. The van der Waals surface area contributed by atoms with Crippen LogP contribution in [0, 0.1) is 10.1 Å². The molecular formula is C14H22N4O3. The molecule has 7 heteroatoms. The first-order valence-corrected chi connectivity index (χ1v) is 7.12. The number of nitrogens with one attached hydrogen (secondary N) is 2. The number of hydrogen-bond donors (Lipinski definition) is 2. The SMILES string of the molecule is CCCCCC(C)NC(=O)c1cc(NC)ncc1[N+](=O)[O-]. The lowest BCUT2D eigenvalue weighted by Crippen LogP contribution is -2.33. The Kier molecular flexibility index (Phi) is 6.58. The predicted molar refractivity (Wildman–Crippen MR) is 81.5 cm³/mol. The van der Waals surface area contributed by atoms with Gasteiger partial charge in [-0.1, -0.05) is 26.2 Å². The number of amides is 1. The minimum Gasteiger partial charge on any atom is -0.373 e. The molecule has 1 heterocycles. The zero-order valence-corrected chi connectivity index (χ0v) is 12.7. The van der Waals surface area contributed by atoms with Crippen molar-refractivity contribution in [2.75, 3.05) is 12.4 Å². The number of nitrogens with zero attached hydrogens (tertiary/aromatic N) is 2. The van der Waals surface area contributed by atoms with E-state index in [1.165, 1.54) is 6.07 Å². The molecule has 0 fully saturated rings. The van der Waals surface area contributed by atoms with Crippen LogP contribution in [-0.4, -0.2) is 28.9 Å². The van der Waals surface area contributed by atoms with Crippen LogP contribution in [0.3, 0.4) is 0 Å². The van der Waals surface area contributed by atoms with Gasteiger partial charge in [-0.25, -0.2) is 4.98 Å². The normalized spacial score (nSPS) is 11.8. The molecule has 7 nitrogen and oxygen atoms in total. The Morgan fingerprint density at radius 2 is 2.19 bits per heavy atom. The lowest BCUT2D eigenvalue weighted by molar-refractivity contribution is -0.385. The third-order valence-electron chi connectivity index (χ3n) is 3.20. The highest BCUT2D eigenvalue weighted by Gasteiger charge is 2.22. The zero-order valence-electron chi connectivity index (χ0n) is 12.7. The number of carbonyl (C=O) groups excluding carboxylic acids is 1. The van der Waals surface area contributed by atoms with Crippen molar-refractivity contribution < 1.29 is 9.72 Å². The van der Waals surface area contributed by atoms with Crippen LogP contribution in [0.1, 0.15) is 49.9 Å². The van der Waals surface area contributed by atoms with Gasteiger partial charge in [-0.3, -0.25) is 14.9 Å². The molecule has 0 saturated heterocycles. The molecule has 116 valence electrons. The van der Waals surface area contributed by atoms with Gasteiger partial charge in [0.05, 0.1) is 4.92 Å². The summed E-state index contributed by atoms with van der Waals surface area (Å²) in [7, 11) is 1.64. The fourth-order valence-corrected chi connectivity index (χ4v) is 1.99. The summed E-state index contributed by atoms with van der Waals surface area (Å²) in [6.07, 6.45) is 5.21. The smallest absolute Gasteiger partial charge is 0.300 e. The van der Waals surface area contributed by atoms with Gasteiger partial charge in [0, 0.05) is 19.2 Å². The summed E-state index contributed by atoms with van der Waals surface area (Å²) in [6, 6.07) is 1.38. The molecule has 1 aromatic heterocycles. The third-order valence-corrected chi connectivity index (χ3v) is 3.20. The molecule has 0 aliphatic heterocycles. The van der Waals surface area contributed by atoms with Gasteiger partial charge in [-0.2, -0.15) is 0 Å². The summed E-state index contributed by atoms with van der Waals surface area (Å²) in [6.45, 7) is 4.02. The number of pyridine rings is 1. The van der Waals surface area contributed by atoms with Crippen molar-refractivity contribution in [3.63, 3.8) is 0 Å². The molecule has 0 radical (unpaired) electrons. The first-order chi connectivity index (χ1) is 9.99. The van der Waals surface area contributed by atoms with Crippen LogP contribution in [-0.2, 0) is 0 Å². The average Bonchev–Trinajstić information content (AvgIpc) is 2.46. The van der Waals surface area contributed by atoms with E-state index in [2.05, 4.69) is 22.5 Å². The molecular weight excluding hydrogens is 272 g/mol. The predicted octanol–water partition coefficient (Wildman–Crippen LogP) is 2.73. The maximum absolute atomic E-state index is 12.2. The molecule has 1 rings (SSSR count). The van der Waals surface area contributed by atoms with Gasteiger partial charge in [0.25, 0.3) is 11.6 Å². The van der Waals surface area contributed by atoms with Gasteiger partial charge in [0.1, 0.15) is 17.6 Å². The van der Waals surface area contributed by atoms with Crippen molar-refractivity contribution in [3.05, 3.63) is 27.9 Å². The zero-order chi connectivity index (χ0) is 15.8. The van der Waals surface area contributed by atoms with Crippen LogP contribution >= 0.6 is 0 Å². The molecule has 0 bridgehead atoms. The van der Waals surface area contributed by atoms with E-state index in [9.17, 15) is 14.9 Å². The van der Waals surface area contributed by atoms with Crippen LogP contribution in [0.2, 0.25) is 0 Å². The van der Waals surface area contributed by atoms with Crippen molar-refractivity contribution in [1.29, 1.82) is 0 Å². The number of aromatic nitrogens is 1. The quantitative estimate of drug-likeness (QED) is 0.436. The summed E-state index contributed by atoms with van der Waals surface area (Å²) in [5.74, 6) is -0.0195. The topological polar surface area (TPSA) is 97.2 Å². The van der Waals surface area contributed by atoms with Crippen LogP contribution in [0.15, 0.2) is 12.3 Å². The molecule has 0 aliphatic carbocycles. The second kappa shape index (κ2) is 8.18. The maximum Gasteiger partial charge on any atom is 0.300 e. The molecule has 2 N–H and O–H groups in total. The van der Waals surface area contributed by atoms with Gasteiger partial charge in [0.15, 0.2) is 0 Å². The number of unbranched alkanes of at least 4 members (excludes halogenated alkanes) is 2. The first kappa shape index (κ1) is 16.9. The van der Waals surface area contributed by atoms with Crippen LogP contribution in [0.4, 0.5) is 11.5 Å². The number of carbonyl (C=O) groups is 1. The monoisotopic (exact) mass is 294 g/mol. The standard InChI is InChI=1S/C14H22N4O3/c1-4-5-6-7-10(2)17-14(19)11-8-13(15-3)16-9-12(11)18(20)21/h8-10H,4-7H2,1-3H3,(H,15,16)(H,17,19). The van der Waals surface area contributed by atoms with Gasteiger partial charge in [0.2, 0.25) is 0 Å². The van der Waals surface area contributed by atoms with Crippen molar-refractivity contribution >= 4 is 17.4 Å². The molecule has 1 amide bonds. The van der Waals surface area contributed by atoms with Crippen molar-refractivity contribution in [1.82, 2.24) is 10.3 Å². The van der Waals surface area contributed by atoms with Crippen molar-refractivity contribution in [2.24, 2.45) is 0 Å². The Morgan fingerprint density at radius 1 is 1.48 bits per heavy atom. The maximum atomic E-state index is 12.2. The molecule has 1 atom stereocenters. The number of anilines is 1. The first-order valence-electron chi connectivity index (χ1n) is 7.12. The van der Waals surface area contributed by atoms with E-state index in [4.69, 9.17) is 0 Å². The lowest BCUT2D eigenvalue weighted by atomic mass is 10.1. The van der Waals surface area contributed by atoms with Gasteiger partial charge in [-0.15, -0.1) is 0 Å². The molecule has 1 aromatic rings. The molecule has 0 aromatic carbocycles. The fraction of sp³-hybridized carbons (Fsp3) is 0.571. The minimum absolute atomic E-state index is 0.0187. The Bertz CT molecular complexity index is 505. The summed E-state index contributed by atoms with van der Waals surface area (Å²) in [5, 5.41) is 16.6. The molecule has 0 saturated carbocycles. The summed E-state index contributed by atoms with van der Waals surface area (Å²) in [4.78, 5) is 26.5. The van der Waals surface area contributed by atoms with Gasteiger partial charge in [-0.05, 0) is 13.3 Å². The van der Waals surface area contributed by atoms with Crippen molar-refractivity contribution in [2.45, 2.75) is 45.6 Å². The Hall–Kier alpha value is -2.18. The average molecular weight is 294 g/mol. The van der Waals surface area contributed by atoms with Crippen molar-refractivity contribution in [3.8, 4) is 0 Å².